The number of aryl methyl sites for hydroxylation is 1. The van der Waals surface area contributed by atoms with Crippen LogP contribution in [-0.2, 0) is 9.59 Å². The molecular formula is C23H16N2O5S. The molecule has 1 saturated heterocycles. The lowest BCUT2D eigenvalue weighted by molar-refractivity contribution is -0.122. The Kier molecular flexibility index (Phi) is 5.46. The maximum Gasteiger partial charge on any atom is 0.353 e. The lowest BCUT2D eigenvalue weighted by atomic mass is 10.1. The highest BCUT2D eigenvalue weighted by atomic mass is 32.1. The molecule has 1 aliphatic rings. The molecule has 0 spiro atoms. The number of carbonyl (C=O) groups is 4. The van der Waals surface area contributed by atoms with Crippen LogP contribution in [0.25, 0.3) is 6.08 Å². The van der Waals surface area contributed by atoms with Gasteiger partial charge in [0.1, 0.15) is 16.2 Å². The summed E-state index contributed by atoms with van der Waals surface area (Å²) in [5, 5.41) is 3.97. The van der Waals surface area contributed by atoms with Crippen LogP contribution in [0.5, 0.6) is 5.75 Å². The first kappa shape index (κ1) is 20.2. The van der Waals surface area contributed by atoms with Crippen LogP contribution in [0.3, 0.4) is 0 Å². The average Bonchev–Trinajstić information content (AvgIpc) is 3.29. The van der Waals surface area contributed by atoms with Gasteiger partial charge in [0, 0.05) is 0 Å². The number of barbiturate groups is 1. The first-order valence-electron chi connectivity index (χ1n) is 9.26. The van der Waals surface area contributed by atoms with Crippen molar-refractivity contribution in [1.29, 1.82) is 0 Å². The second-order valence-corrected chi connectivity index (χ2v) is 7.68. The molecule has 1 N–H and O–H groups in total. The number of hydrogen-bond acceptors (Lipinski definition) is 6. The molecule has 0 radical (unpaired) electrons. The van der Waals surface area contributed by atoms with Gasteiger partial charge in [0.2, 0.25) is 0 Å². The smallest absolute Gasteiger partial charge is 0.353 e. The summed E-state index contributed by atoms with van der Waals surface area (Å²) in [5.74, 6) is -1.62. The van der Waals surface area contributed by atoms with Crippen LogP contribution in [0.1, 0.15) is 20.8 Å². The van der Waals surface area contributed by atoms with E-state index in [1.54, 1.807) is 66.0 Å². The van der Waals surface area contributed by atoms with E-state index in [1.165, 1.54) is 17.4 Å². The number of rotatable bonds is 4. The van der Waals surface area contributed by atoms with Crippen molar-refractivity contribution >= 4 is 46.9 Å². The molecule has 1 aromatic heterocycles. The predicted octanol–water partition coefficient (Wildman–Crippen LogP) is 3.94. The summed E-state index contributed by atoms with van der Waals surface area (Å²) in [6, 6.07) is 15.8. The van der Waals surface area contributed by atoms with Crippen LogP contribution in [0.4, 0.5) is 10.5 Å². The van der Waals surface area contributed by atoms with Crippen LogP contribution in [-0.4, -0.2) is 23.8 Å². The Balaban J connectivity index is 1.56. The molecule has 7 nitrogen and oxygen atoms in total. The van der Waals surface area contributed by atoms with Crippen LogP contribution >= 0.6 is 11.3 Å². The monoisotopic (exact) mass is 432 g/mol. The van der Waals surface area contributed by atoms with Crippen molar-refractivity contribution in [2.24, 2.45) is 0 Å². The number of benzene rings is 2. The standard InChI is InChI=1S/C23H16N2O5S/c1-14-4-8-16(9-5-14)25-21(27)18(20(26)24-23(25)29)13-15-6-10-17(11-7-15)30-22(28)19-3-2-12-31-19/h2-13H,1H3,(H,24,26,29)/b18-13+. The maximum absolute atomic E-state index is 12.9. The molecule has 0 bridgehead atoms. The van der Waals surface area contributed by atoms with E-state index in [0.717, 1.165) is 10.5 Å². The van der Waals surface area contributed by atoms with Gasteiger partial charge in [-0.05, 0) is 54.3 Å². The third-order valence-corrected chi connectivity index (χ3v) is 5.37. The zero-order chi connectivity index (χ0) is 22.0. The van der Waals surface area contributed by atoms with Crippen molar-refractivity contribution in [2.75, 3.05) is 4.90 Å². The first-order chi connectivity index (χ1) is 14.9. The molecule has 0 saturated carbocycles. The van der Waals surface area contributed by atoms with Crippen molar-refractivity contribution in [3.05, 3.63) is 87.6 Å². The van der Waals surface area contributed by atoms with Crippen molar-refractivity contribution in [1.82, 2.24) is 5.32 Å². The summed E-state index contributed by atoms with van der Waals surface area (Å²) in [6.07, 6.45) is 1.39. The van der Waals surface area contributed by atoms with Crippen molar-refractivity contribution in [3.63, 3.8) is 0 Å². The molecule has 2 aromatic carbocycles. The summed E-state index contributed by atoms with van der Waals surface area (Å²) in [4.78, 5) is 50.8. The van der Waals surface area contributed by atoms with Crippen LogP contribution < -0.4 is 15.0 Å². The number of thiophene rings is 1. The minimum absolute atomic E-state index is 0.177. The summed E-state index contributed by atoms with van der Waals surface area (Å²) in [6.45, 7) is 1.89. The van der Waals surface area contributed by atoms with Crippen LogP contribution in [0, 0.1) is 6.92 Å². The number of nitrogens with zero attached hydrogens (tertiary/aromatic N) is 1. The minimum atomic E-state index is -0.799. The zero-order valence-corrected chi connectivity index (χ0v) is 17.1. The highest BCUT2D eigenvalue weighted by Gasteiger charge is 2.36. The van der Waals surface area contributed by atoms with Gasteiger partial charge in [0.25, 0.3) is 11.8 Å². The van der Waals surface area contributed by atoms with Crippen LogP contribution in [0.2, 0.25) is 0 Å². The van der Waals surface area contributed by atoms with Gasteiger partial charge >= 0.3 is 12.0 Å². The molecule has 2 heterocycles. The van der Waals surface area contributed by atoms with Gasteiger partial charge in [-0.25, -0.2) is 14.5 Å². The highest BCUT2D eigenvalue weighted by Crippen LogP contribution is 2.23. The third kappa shape index (κ3) is 4.29. The van der Waals surface area contributed by atoms with Gasteiger partial charge in [0.05, 0.1) is 5.69 Å². The number of ether oxygens (including phenoxy) is 1. The number of imide groups is 2. The molecule has 0 aliphatic carbocycles. The van der Waals surface area contributed by atoms with E-state index in [-0.39, 0.29) is 5.57 Å². The predicted molar refractivity (Wildman–Crippen MR) is 116 cm³/mol. The number of hydrogen-bond donors (Lipinski definition) is 1. The minimum Gasteiger partial charge on any atom is -0.422 e. The summed E-state index contributed by atoms with van der Waals surface area (Å²) >= 11 is 1.28. The molecule has 0 atom stereocenters. The summed E-state index contributed by atoms with van der Waals surface area (Å²) in [5.41, 5.74) is 1.69. The van der Waals surface area contributed by atoms with Gasteiger partial charge in [-0.2, -0.15) is 0 Å². The van der Waals surface area contributed by atoms with E-state index in [2.05, 4.69) is 5.32 Å². The van der Waals surface area contributed by atoms with Crippen molar-refractivity contribution in [3.8, 4) is 5.75 Å². The van der Waals surface area contributed by atoms with Gasteiger partial charge in [-0.1, -0.05) is 35.9 Å². The summed E-state index contributed by atoms with van der Waals surface area (Å²) < 4.78 is 5.30. The van der Waals surface area contributed by atoms with E-state index in [0.29, 0.717) is 21.9 Å². The quantitative estimate of drug-likeness (QED) is 0.292. The van der Waals surface area contributed by atoms with E-state index in [1.807, 2.05) is 6.92 Å². The number of amides is 4. The fourth-order valence-corrected chi connectivity index (χ4v) is 3.54. The number of carbonyl (C=O) groups excluding carboxylic acids is 4. The second kappa shape index (κ2) is 8.37. The maximum atomic E-state index is 12.9. The Morgan fingerprint density at radius 2 is 1.71 bits per heavy atom. The molecule has 1 aliphatic heterocycles. The van der Waals surface area contributed by atoms with Crippen LogP contribution in [0.15, 0.2) is 71.6 Å². The van der Waals surface area contributed by atoms with Crippen molar-refractivity contribution in [2.45, 2.75) is 6.92 Å². The molecule has 8 heteroatoms. The fourth-order valence-electron chi connectivity index (χ4n) is 2.94. The number of urea groups is 1. The Morgan fingerprint density at radius 1 is 1.00 bits per heavy atom. The first-order valence-corrected chi connectivity index (χ1v) is 10.1. The average molecular weight is 432 g/mol. The highest BCUT2D eigenvalue weighted by molar-refractivity contribution is 7.12. The Labute approximate surface area is 181 Å². The molecule has 154 valence electrons. The molecule has 3 aromatic rings. The van der Waals surface area contributed by atoms with E-state index in [4.69, 9.17) is 4.74 Å². The molecular weight excluding hydrogens is 416 g/mol. The normalized spacial score (nSPS) is 15.2. The van der Waals surface area contributed by atoms with Gasteiger partial charge in [-0.15, -0.1) is 11.3 Å². The Morgan fingerprint density at radius 3 is 2.35 bits per heavy atom. The number of nitrogens with one attached hydrogen (secondary N) is 1. The van der Waals surface area contributed by atoms with E-state index < -0.39 is 23.8 Å². The molecule has 4 amide bonds. The SMILES string of the molecule is Cc1ccc(N2C(=O)NC(=O)/C(=C\c3ccc(OC(=O)c4cccs4)cc3)C2=O)cc1. The third-order valence-electron chi connectivity index (χ3n) is 4.52. The van der Waals surface area contributed by atoms with E-state index in [9.17, 15) is 19.2 Å². The lowest BCUT2D eigenvalue weighted by Gasteiger charge is -2.26. The number of esters is 1. The van der Waals surface area contributed by atoms with Gasteiger partial charge < -0.3 is 4.74 Å². The second-order valence-electron chi connectivity index (χ2n) is 6.73. The zero-order valence-electron chi connectivity index (χ0n) is 16.3. The fraction of sp³-hybridized carbons (Fsp3) is 0.0435. The Bertz CT molecular complexity index is 1200. The lowest BCUT2D eigenvalue weighted by Crippen LogP contribution is -2.54. The summed E-state index contributed by atoms with van der Waals surface area (Å²) in [7, 11) is 0. The number of anilines is 1. The van der Waals surface area contributed by atoms with E-state index >= 15 is 0 Å². The Hall–Kier alpha value is -4.04. The topological polar surface area (TPSA) is 92.8 Å². The van der Waals surface area contributed by atoms with Gasteiger partial charge in [-0.3, -0.25) is 14.9 Å². The van der Waals surface area contributed by atoms with Gasteiger partial charge in [0.15, 0.2) is 0 Å². The molecule has 31 heavy (non-hydrogen) atoms. The molecule has 0 unspecified atom stereocenters. The van der Waals surface area contributed by atoms with Crippen molar-refractivity contribution < 1.29 is 23.9 Å². The largest absolute Gasteiger partial charge is 0.422 e. The molecule has 4 rings (SSSR count). The molecule has 1 fully saturated rings.